The number of likely N-dealkylation sites (N-methyl/N-ethyl adjacent to an activating group) is 1. The van der Waals surface area contributed by atoms with E-state index in [1.807, 2.05) is 9.80 Å². The maximum Gasteiger partial charge on any atom is 0.246 e. The monoisotopic (exact) mass is 339 g/mol. The molecule has 0 aromatic carbocycles. The van der Waals surface area contributed by atoms with E-state index in [9.17, 15) is 9.59 Å². The maximum absolute atomic E-state index is 13.0. The molecule has 3 rings (SSSR count). The van der Waals surface area contributed by atoms with Crippen molar-refractivity contribution in [2.45, 2.75) is 50.9 Å². The molecule has 130 valence electrons. The Kier molecular flexibility index (Phi) is 5.52. The lowest BCUT2D eigenvalue weighted by Crippen LogP contribution is -2.56. The van der Waals surface area contributed by atoms with Crippen LogP contribution in [0, 0.1) is 5.92 Å². The number of thioether (sulfide) groups is 1. The van der Waals surface area contributed by atoms with Gasteiger partial charge in [0.15, 0.2) is 0 Å². The van der Waals surface area contributed by atoms with Gasteiger partial charge in [0.2, 0.25) is 11.8 Å². The van der Waals surface area contributed by atoms with Gasteiger partial charge >= 0.3 is 0 Å². The summed E-state index contributed by atoms with van der Waals surface area (Å²) in [6.07, 6.45) is 4.07. The highest BCUT2D eigenvalue weighted by Gasteiger charge is 2.46. The van der Waals surface area contributed by atoms with E-state index in [1.165, 1.54) is 0 Å². The molecule has 5 nitrogen and oxygen atoms in total. The predicted molar refractivity (Wildman–Crippen MR) is 93.2 cm³/mol. The van der Waals surface area contributed by atoms with E-state index in [1.54, 1.807) is 11.8 Å². The fourth-order valence-electron chi connectivity index (χ4n) is 3.56. The zero-order valence-electron chi connectivity index (χ0n) is 14.4. The number of rotatable bonds is 5. The first kappa shape index (κ1) is 17.1. The minimum absolute atomic E-state index is 0.181. The average Bonchev–Trinajstić information content (AvgIpc) is 3.35. The largest absolute Gasteiger partial charge is 0.338 e. The number of carbonyl (C=O) groups excluding carboxylic acids is 2. The number of amides is 2. The third kappa shape index (κ3) is 3.68. The molecule has 2 atom stereocenters. The van der Waals surface area contributed by atoms with E-state index in [0.717, 1.165) is 64.2 Å². The molecule has 0 bridgehead atoms. The van der Waals surface area contributed by atoms with Crippen molar-refractivity contribution >= 4 is 23.6 Å². The molecule has 23 heavy (non-hydrogen) atoms. The van der Waals surface area contributed by atoms with Gasteiger partial charge in [-0.1, -0.05) is 20.3 Å². The van der Waals surface area contributed by atoms with E-state index < -0.39 is 0 Å². The molecular formula is C17H29N3O2S. The summed E-state index contributed by atoms with van der Waals surface area (Å²) in [5.41, 5.74) is 0. The van der Waals surface area contributed by atoms with E-state index in [-0.39, 0.29) is 29.1 Å². The van der Waals surface area contributed by atoms with Crippen LogP contribution in [0.2, 0.25) is 0 Å². The Balaban J connectivity index is 1.67. The van der Waals surface area contributed by atoms with Gasteiger partial charge in [-0.05, 0) is 25.8 Å². The van der Waals surface area contributed by atoms with Gasteiger partial charge in [0.1, 0.15) is 6.04 Å². The lowest BCUT2D eigenvalue weighted by atomic mass is 10.1. The van der Waals surface area contributed by atoms with Crippen LogP contribution < -0.4 is 0 Å². The molecule has 2 unspecified atom stereocenters. The van der Waals surface area contributed by atoms with Crippen LogP contribution in [-0.4, -0.2) is 76.4 Å². The van der Waals surface area contributed by atoms with Gasteiger partial charge in [-0.25, -0.2) is 0 Å². The van der Waals surface area contributed by atoms with Crippen molar-refractivity contribution in [2.75, 3.05) is 38.5 Å². The molecule has 1 aliphatic carbocycles. The van der Waals surface area contributed by atoms with Crippen LogP contribution >= 0.6 is 11.8 Å². The molecular weight excluding hydrogens is 310 g/mol. The van der Waals surface area contributed by atoms with Crippen LogP contribution in [0.25, 0.3) is 0 Å². The van der Waals surface area contributed by atoms with E-state index in [2.05, 4.69) is 18.7 Å². The van der Waals surface area contributed by atoms with Gasteiger partial charge < -0.3 is 14.7 Å². The van der Waals surface area contributed by atoms with Crippen LogP contribution in [0.4, 0.5) is 0 Å². The molecule has 3 aliphatic rings. The van der Waals surface area contributed by atoms with Gasteiger partial charge in [0.25, 0.3) is 0 Å². The molecule has 1 saturated carbocycles. The van der Waals surface area contributed by atoms with Crippen molar-refractivity contribution in [3.8, 4) is 0 Å². The lowest BCUT2D eigenvalue weighted by molar-refractivity contribution is -0.146. The van der Waals surface area contributed by atoms with Gasteiger partial charge in [0.05, 0.1) is 5.37 Å². The van der Waals surface area contributed by atoms with Crippen molar-refractivity contribution in [2.24, 2.45) is 5.92 Å². The summed E-state index contributed by atoms with van der Waals surface area (Å²) in [5.74, 6) is 1.39. The van der Waals surface area contributed by atoms with Crippen molar-refractivity contribution < 1.29 is 9.59 Å². The topological polar surface area (TPSA) is 43.9 Å². The summed E-state index contributed by atoms with van der Waals surface area (Å²) in [4.78, 5) is 32.0. The minimum atomic E-state index is -0.224. The zero-order valence-corrected chi connectivity index (χ0v) is 15.2. The molecule has 2 aliphatic heterocycles. The molecule has 2 amide bonds. The van der Waals surface area contributed by atoms with Crippen molar-refractivity contribution in [1.29, 1.82) is 0 Å². The number of hydrogen-bond acceptors (Lipinski definition) is 4. The maximum atomic E-state index is 13.0. The number of hydrogen-bond donors (Lipinski definition) is 0. The first-order chi connectivity index (χ1) is 11.2. The SMILES string of the molecule is CCCC1SCC(C(=O)N2CCN(CC)CC2)N1C(=O)C1CC1. The van der Waals surface area contributed by atoms with Gasteiger partial charge in [-0.3, -0.25) is 9.59 Å². The van der Waals surface area contributed by atoms with Crippen molar-refractivity contribution in [3.63, 3.8) is 0 Å². The Hall–Kier alpha value is -0.750. The molecule has 3 fully saturated rings. The molecule has 0 N–H and O–H groups in total. The Morgan fingerprint density at radius 1 is 1.04 bits per heavy atom. The van der Waals surface area contributed by atoms with Crippen LogP contribution in [0.1, 0.15) is 39.5 Å². The fourth-order valence-corrected chi connectivity index (χ4v) is 5.08. The third-order valence-corrected chi connectivity index (χ3v) is 6.58. The Morgan fingerprint density at radius 2 is 1.74 bits per heavy atom. The zero-order chi connectivity index (χ0) is 16.4. The summed E-state index contributed by atoms with van der Waals surface area (Å²) in [6, 6.07) is -0.224. The van der Waals surface area contributed by atoms with Gasteiger partial charge in [-0.15, -0.1) is 11.8 Å². The second kappa shape index (κ2) is 7.43. The van der Waals surface area contributed by atoms with Crippen LogP contribution in [-0.2, 0) is 9.59 Å². The van der Waals surface area contributed by atoms with Crippen molar-refractivity contribution in [3.05, 3.63) is 0 Å². The Labute approximate surface area is 143 Å². The van der Waals surface area contributed by atoms with Crippen LogP contribution in [0.15, 0.2) is 0 Å². The van der Waals surface area contributed by atoms with E-state index >= 15 is 0 Å². The quantitative estimate of drug-likeness (QED) is 0.764. The minimum Gasteiger partial charge on any atom is -0.338 e. The molecule has 0 aromatic rings. The number of carbonyl (C=O) groups is 2. The first-order valence-corrected chi connectivity index (χ1v) is 10.2. The molecule has 0 aromatic heterocycles. The molecule has 0 spiro atoms. The lowest BCUT2D eigenvalue weighted by Gasteiger charge is -2.37. The van der Waals surface area contributed by atoms with Crippen molar-refractivity contribution in [1.82, 2.24) is 14.7 Å². The molecule has 6 heteroatoms. The predicted octanol–water partition coefficient (Wildman–Crippen LogP) is 1.63. The second-order valence-electron chi connectivity index (χ2n) is 6.87. The Bertz CT molecular complexity index is 447. The molecule has 2 saturated heterocycles. The summed E-state index contributed by atoms with van der Waals surface area (Å²) in [5, 5.41) is 0.207. The van der Waals surface area contributed by atoms with E-state index in [0.29, 0.717) is 0 Å². The van der Waals surface area contributed by atoms with Crippen LogP contribution in [0.3, 0.4) is 0 Å². The highest BCUT2D eigenvalue weighted by molar-refractivity contribution is 8.00. The van der Waals surface area contributed by atoms with E-state index in [4.69, 9.17) is 0 Å². The normalized spacial score (nSPS) is 29.1. The highest BCUT2D eigenvalue weighted by Crippen LogP contribution is 2.39. The highest BCUT2D eigenvalue weighted by atomic mass is 32.2. The third-order valence-electron chi connectivity index (χ3n) is 5.23. The summed E-state index contributed by atoms with van der Waals surface area (Å²) in [7, 11) is 0. The average molecular weight is 340 g/mol. The second-order valence-corrected chi connectivity index (χ2v) is 8.08. The first-order valence-electron chi connectivity index (χ1n) is 9.10. The number of piperazine rings is 1. The summed E-state index contributed by atoms with van der Waals surface area (Å²) < 4.78 is 0. The van der Waals surface area contributed by atoms with Gasteiger partial charge in [-0.2, -0.15) is 0 Å². The van der Waals surface area contributed by atoms with Crippen LogP contribution in [0.5, 0.6) is 0 Å². The standard InChI is InChI=1S/C17H29N3O2S/c1-3-5-15-20(16(21)13-6-7-13)14(12-23-15)17(22)19-10-8-18(4-2)9-11-19/h13-15H,3-12H2,1-2H3. The molecule has 2 heterocycles. The Morgan fingerprint density at radius 3 is 2.30 bits per heavy atom. The van der Waals surface area contributed by atoms with Gasteiger partial charge in [0, 0.05) is 37.8 Å². The summed E-state index contributed by atoms with van der Waals surface area (Å²) >= 11 is 1.80. The summed E-state index contributed by atoms with van der Waals surface area (Å²) in [6.45, 7) is 8.88. The molecule has 0 radical (unpaired) electrons. The fraction of sp³-hybridized carbons (Fsp3) is 0.882. The number of nitrogens with zero attached hydrogens (tertiary/aromatic N) is 3. The smallest absolute Gasteiger partial charge is 0.246 e.